The predicted octanol–water partition coefficient (Wildman–Crippen LogP) is 12.1. The van der Waals surface area contributed by atoms with Crippen molar-refractivity contribution in [3.63, 3.8) is 0 Å². The minimum atomic E-state index is -6.81. The van der Waals surface area contributed by atoms with Crippen molar-refractivity contribution >= 4 is 76.0 Å². The zero-order valence-electron chi connectivity index (χ0n) is 48.9. The van der Waals surface area contributed by atoms with Gasteiger partial charge in [0.05, 0.1) is 48.7 Å². The molecule has 0 saturated heterocycles. The van der Waals surface area contributed by atoms with Crippen LogP contribution < -0.4 is 0 Å². The van der Waals surface area contributed by atoms with Crippen molar-refractivity contribution in [3.05, 3.63) is 164 Å². The molecule has 0 fully saturated rings. The van der Waals surface area contributed by atoms with E-state index in [2.05, 4.69) is 13.2 Å². The molecule has 18 nitrogen and oxygen atoms in total. The molecule has 0 spiro atoms. The fourth-order valence-corrected chi connectivity index (χ4v) is 353. The number of esters is 4. The van der Waals surface area contributed by atoms with Crippen LogP contribution in [0.3, 0.4) is 0 Å². The summed E-state index contributed by atoms with van der Waals surface area (Å²) >= 11 is -26.9. The van der Waals surface area contributed by atoms with Crippen LogP contribution in [0.25, 0.3) is 22.3 Å². The first-order valence-corrected chi connectivity index (χ1v) is 79.7. The zero-order valence-corrected chi connectivity index (χ0v) is 77.4. The number of halogens is 15. The van der Waals surface area contributed by atoms with E-state index in [0.29, 0.717) is 28.3 Å². The van der Waals surface area contributed by atoms with Gasteiger partial charge < -0.3 is 18.9 Å². The van der Waals surface area contributed by atoms with Gasteiger partial charge in [0.15, 0.2) is 0 Å². The summed E-state index contributed by atoms with van der Waals surface area (Å²) in [5.41, 5.74) is 8.75. The van der Waals surface area contributed by atoms with Crippen LogP contribution in [0, 0.1) is 0 Å². The van der Waals surface area contributed by atoms with Crippen molar-refractivity contribution in [1.82, 2.24) is 0 Å². The third-order valence-corrected chi connectivity index (χ3v) is 493. The van der Waals surface area contributed by atoms with Gasteiger partial charge in [0.25, 0.3) is 0 Å². The number of benzene rings is 4. The van der Waals surface area contributed by atoms with E-state index in [1.165, 1.54) is 0 Å². The Morgan fingerprint density at radius 3 is 0.681 bits per heavy atom. The van der Waals surface area contributed by atoms with Crippen LogP contribution in [0.15, 0.2) is 120 Å². The SMILES string of the molecule is CCOC(=O)c1ccc(C2=C(c3ccc(C(=O)OCC)cc3)C(c3ccc(C(=O)OCC)cc3)=C2c2ccc(C(=O)OCC)cc2)cc1.O=C([O][Hg][Co]([Hg][O]C(=O)C(F)(F)F)([Hg][O]C(=O)C(F)(F)F)([Hg][O]C(=O)C(F)(F)F)([Hg][O]C(=O)C(F)(F)F)[C]1=CC=CC1)C(F)(F)F. The van der Waals surface area contributed by atoms with Gasteiger partial charge in [-0.15, -0.1) is 0 Å². The molecule has 0 radical (unpaired) electrons. The number of allylic oxidation sites excluding steroid dienone is 8. The van der Waals surface area contributed by atoms with Crippen LogP contribution >= 0.6 is 0 Å². The molecule has 0 unspecified atom stereocenters. The van der Waals surface area contributed by atoms with E-state index in [1.54, 1.807) is 76.2 Å². The van der Waals surface area contributed by atoms with Crippen molar-refractivity contribution in [3.8, 4) is 0 Å². The van der Waals surface area contributed by atoms with Crippen LogP contribution in [-0.2, 0) is 160 Å². The summed E-state index contributed by atoms with van der Waals surface area (Å²) in [7, 11) is 0. The molecule has 2 aliphatic carbocycles. The molecule has 0 bridgehead atoms. The molecule has 4 aromatic carbocycles. The van der Waals surface area contributed by atoms with Crippen molar-refractivity contribution in [2.75, 3.05) is 26.4 Å². The van der Waals surface area contributed by atoms with Crippen LogP contribution in [0.4, 0.5) is 65.9 Å². The monoisotopic (exact) mass is 2340 g/mol. The molecule has 0 atom stereocenters. The Hall–Kier alpha value is -4.80. The Labute approximate surface area is 570 Å². The second-order valence-electron chi connectivity index (χ2n) is 19.3. The maximum atomic E-state index is 13.2. The number of hydrogen-bond donors (Lipinski definition) is 0. The van der Waals surface area contributed by atoms with Gasteiger partial charge in [-0.3, -0.25) is 0 Å². The Bertz CT molecular complexity index is 3210. The van der Waals surface area contributed by atoms with Crippen molar-refractivity contribution < 1.29 is 245 Å². The first-order chi connectivity index (χ1) is 43.7. The van der Waals surface area contributed by atoms with E-state index < -0.39 is 199 Å². The molecule has 493 valence electrons. The summed E-state index contributed by atoms with van der Waals surface area (Å²) in [6.45, 7) is 8.11. The summed E-state index contributed by atoms with van der Waals surface area (Å²) < 4.78 is 233. The second kappa shape index (κ2) is 32.3. The molecule has 0 amide bonds. The van der Waals surface area contributed by atoms with Gasteiger partial charge in [-0.05, 0) is 121 Å². The molecule has 0 heterocycles. The number of carbonyl (C=O) groups excluding carboxylic acids is 9. The third kappa shape index (κ3) is 19.5. The summed E-state index contributed by atoms with van der Waals surface area (Å²) in [5, 5.41) is 0. The van der Waals surface area contributed by atoms with E-state index in [0.717, 1.165) is 56.7 Å². The van der Waals surface area contributed by atoms with E-state index in [1.807, 2.05) is 48.5 Å². The van der Waals surface area contributed by atoms with Gasteiger partial charge in [-0.2, -0.15) is 0 Å². The number of alkyl halides is 15. The molecular formula is C55H41CoF15Hg5O18. The summed E-state index contributed by atoms with van der Waals surface area (Å²) in [6.07, 6.45) is -28.6. The average Bonchev–Trinajstić information content (AvgIpc) is 0.958. The standard InChI is InChI=1S/C40H36O8.C5H5.5C2HF3O2.Co.5Hg/c1-5-45-37(41)29-17-9-25(10-18-29)33-34(26-11-19-30(20-12-26)38(42)46-6-2)36(28-15-23-32(24-16-28)40(44)48-8-4)35(33)27-13-21-31(22-14-27)39(43)47-7-3;1-2-4-5-3-1;5*3-2(4,5)1(6)7;;;;;;/h9-24H,5-8H2,1-4H3;1-3H,4H2;5*(H,6,7);;;;;;/q;;;;;;;;5*+1/p-5. The Balaban J connectivity index is 0.000000341. The third-order valence-electron chi connectivity index (χ3n) is 12.9. The average molecular weight is 2340 g/mol. The molecule has 0 saturated carbocycles. The predicted molar refractivity (Wildman–Crippen MR) is 266 cm³/mol. The molecule has 6 rings (SSSR count). The molecule has 94 heavy (non-hydrogen) atoms. The Morgan fingerprint density at radius 2 is 0.532 bits per heavy atom. The summed E-state index contributed by atoms with van der Waals surface area (Å²) in [5.74, 6) is -17.8. The number of hydrogen-bond acceptors (Lipinski definition) is 18. The van der Waals surface area contributed by atoms with Gasteiger partial charge >= 0.3 is 321 Å². The zero-order chi connectivity index (χ0) is 70.5. The fourth-order valence-electron chi connectivity index (χ4n) is 8.41. The summed E-state index contributed by atoms with van der Waals surface area (Å²) in [4.78, 5) is 109. The maximum absolute atomic E-state index is 13.2. The molecule has 0 aliphatic heterocycles. The fraction of sp³-hybridized carbons (Fsp3) is 0.255. The molecule has 39 heteroatoms. The molecule has 0 aromatic heterocycles. The van der Waals surface area contributed by atoms with Gasteiger partial charge in [0, 0.05) is 0 Å². The van der Waals surface area contributed by atoms with E-state index in [-0.39, 0.29) is 26.4 Å². The number of rotatable bonds is 23. The topological polar surface area (TPSA) is 237 Å². The van der Waals surface area contributed by atoms with E-state index in [4.69, 9.17) is 18.9 Å². The number of ether oxygens (including phenoxy) is 4. The first kappa shape index (κ1) is 79.9. The molecule has 2 aliphatic rings. The Morgan fingerprint density at radius 1 is 0.340 bits per heavy atom. The number of carbonyl (C=O) groups is 9. The Kier molecular flexibility index (Phi) is 27.4. The van der Waals surface area contributed by atoms with Crippen LogP contribution in [0.5, 0.6) is 0 Å². The van der Waals surface area contributed by atoms with Gasteiger partial charge in [0.2, 0.25) is 0 Å². The van der Waals surface area contributed by atoms with Crippen molar-refractivity contribution in [2.45, 2.75) is 65.0 Å². The summed E-state index contributed by atoms with van der Waals surface area (Å²) in [6, 6.07) is 28.9. The van der Waals surface area contributed by atoms with Crippen molar-refractivity contribution in [2.24, 2.45) is 0 Å². The normalized spacial score (nSPS) is 13.7. The molecule has 4 aromatic rings. The minimum absolute atomic E-state index is 0.269. The van der Waals surface area contributed by atoms with Crippen LogP contribution in [0.2, 0.25) is 0 Å². The first-order valence-electron chi connectivity index (χ1n) is 26.5. The second-order valence-corrected chi connectivity index (χ2v) is 591. The van der Waals surface area contributed by atoms with Crippen LogP contribution in [0.1, 0.15) is 97.8 Å². The quantitative estimate of drug-likeness (QED) is 0.0290. The molecular weight excluding hydrogens is 2300 g/mol. The van der Waals surface area contributed by atoms with Gasteiger partial charge in [-0.1, -0.05) is 48.5 Å². The van der Waals surface area contributed by atoms with Crippen LogP contribution in [-0.4, -0.2) is 111 Å². The molecule has 0 N–H and O–H groups in total. The van der Waals surface area contributed by atoms with E-state index >= 15 is 0 Å². The van der Waals surface area contributed by atoms with Gasteiger partial charge in [0.1, 0.15) is 0 Å². The van der Waals surface area contributed by atoms with Gasteiger partial charge in [-0.25, -0.2) is 19.2 Å². The van der Waals surface area contributed by atoms with E-state index in [9.17, 15) is 109 Å². The van der Waals surface area contributed by atoms with Crippen molar-refractivity contribution in [1.29, 1.82) is 0 Å².